The lowest BCUT2D eigenvalue weighted by atomic mass is 10.3. The monoisotopic (exact) mass is 338 g/mol. The average molecular weight is 338 g/mol. The second-order valence-electron chi connectivity index (χ2n) is 4.75. The predicted octanol–water partition coefficient (Wildman–Crippen LogP) is 0.709. The van der Waals surface area contributed by atoms with Gasteiger partial charge in [-0.1, -0.05) is 0 Å². The predicted molar refractivity (Wildman–Crippen MR) is 86.5 cm³/mol. The molecular weight excluding hydrogens is 320 g/mol. The van der Waals surface area contributed by atoms with Crippen molar-refractivity contribution < 1.29 is 14.3 Å². The molecule has 0 bridgehead atoms. The van der Waals surface area contributed by atoms with E-state index < -0.39 is 18.0 Å². The Balaban J connectivity index is 1.84. The van der Waals surface area contributed by atoms with Crippen LogP contribution in [0.15, 0.2) is 22.6 Å². The smallest absolute Gasteiger partial charge is 0.328 e. The fourth-order valence-electron chi connectivity index (χ4n) is 1.90. The van der Waals surface area contributed by atoms with Crippen molar-refractivity contribution in [3.8, 4) is 0 Å². The summed E-state index contributed by atoms with van der Waals surface area (Å²) in [4.78, 5) is 39.4. The van der Waals surface area contributed by atoms with E-state index in [0.717, 1.165) is 0 Å². The SMILES string of the molecule is CCOC(=O)C(C)NC(=O)NCCn1cnc2ccsc2c1=O. The van der Waals surface area contributed by atoms with Crippen molar-refractivity contribution in [2.75, 3.05) is 13.2 Å². The molecular formula is C14H18N4O4S. The van der Waals surface area contributed by atoms with Crippen molar-refractivity contribution in [3.05, 3.63) is 28.1 Å². The largest absolute Gasteiger partial charge is 0.464 e. The minimum Gasteiger partial charge on any atom is -0.464 e. The number of urea groups is 1. The van der Waals surface area contributed by atoms with Crippen LogP contribution in [0, 0.1) is 0 Å². The molecule has 0 aliphatic carbocycles. The van der Waals surface area contributed by atoms with E-state index in [9.17, 15) is 14.4 Å². The van der Waals surface area contributed by atoms with Crippen LogP contribution >= 0.6 is 11.3 Å². The van der Waals surface area contributed by atoms with Crippen molar-refractivity contribution in [1.29, 1.82) is 0 Å². The van der Waals surface area contributed by atoms with E-state index >= 15 is 0 Å². The summed E-state index contributed by atoms with van der Waals surface area (Å²) in [5.41, 5.74) is 0.539. The molecule has 0 spiro atoms. The molecule has 2 amide bonds. The summed E-state index contributed by atoms with van der Waals surface area (Å²) in [6.07, 6.45) is 1.46. The molecule has 2 aromatic rings. The fourth-order valence-corrected chi connectivity index (χ4v) is 2.69. The van der Waals surface area contributed by atoms with E-state index in [1.807, 2.05) is 5.38 Å². The van der Waals surface area contributed by atoms with Crippen LogP contribution in [-0.2, 0) is 16.1 Å². The Kier molecular flexibility index (Phi) is 5.69. The zero-order chi connectivity index (χ0) is 16.8. The van der Waals surface area contributed by atoms with E-state index in [0.29, 0.717) is 16.8 Å². The molecule has 0 saturated carbocycles. The molecule has 2 aromatic heterocycles. The van der Waals surface area contributed by atoms with Gasteiger partial charge in [0, 0.05) is 13.1 Å². The summed E-state index contributed by atoms with van der Waals surface area (Å²) in [5.74, 6) is -0.494. The molecule has 2 rings (SSSR count). The highest BCUT2D eigenvalue weighted by atomic mass is 32.1. The number of esters is 1. The lowest BCUT2D eigenvalue weighted by molar-refractivity contribution is -0.144. The zero-order valence-electron chi connectivity index (χ0n) is 12.9. The molecule has 0 radical (unpaired) electrons. The van der Waals surface area contributed by atoms with Crippen LogP contribution in [-0.4, -0.2) is 40.7 Å². The van der Waals surface area contributed by atoms with Gasteiger partial charge in [-0.25, -0.2) is 14.6 Å². The van der Waals surface area contributed by atoms with Gasteiger partial charge in [-0.05, 0) is 25.3 Å². The number of fused-ring (bicyclic) bond motifs is 1. The first kappa shape index (κ1) is 16.9. The minimum atomic E-state index is -0.734. The van der Waals surface area contributed by atoms with Crippen LogP contribution in [0.25, 0.3) is 10.2 Å². The molecule has 0 aliphatic heterocycles. The highest BCUT2D eigenvalue weighted by molar-refractivity contribution is 7.17. The molecule has 9 heteroatoms. The Morgan fingerprint density at radius 1 is 1.48 bits per heavy atom. The van der Waals surface area contributed by atoms with Gasteiger partial charge in [0.15, 0.2) is 0 Å². The van der Waals surface area contributed by atoms with Gasteiger partial charge in [0.05, 0.1) is 18.5 Å². The van der Waals surface area contributed by atoms with Gasteiger partial charge >= 0.3 is 12.0 Å². The van der Waals surface area contributed by atoms with E-state index in [4.69, 9.17) is 4.74 Å². The molecule has 0 aromatic carbocycles. The van der Waals surface area contributed by atoms with Crippen LogP contribution in [0.5, 0.6) is 0 Å². The maximum absolute atomic E-state index is 12.1. The van der Waals surface area contributed by atoms with Crippen molar-refractivity contribution in [2.45, 2.75) is 26.4 Å². The number of nitrogens with zero attached hydrogens (tertiary/aromatic N) is 2. The third-order valence-corrected chi connectivity index (χ3v) is 3.95. The minimum absolute atomic E-state index is 0.132. The molecule has 2 N–H and O–H groups in total. The Morgan fingerprint density at radius 2 is 2.26 bits per heavy atom. The lowest BCUT2D eigenvalue weighted by Crippen LogP contribution is -2.46. The van der Waals surface area contributed by atoms with E-state index in [2.05, 4.69) is 15.6 Å². The molecule has 1 atom stereocenters. The highest BCUT2D eigenvalue weighted by Gasteiger charge is 2.16. The van der Waals surface area contributed by atoms with Crippen molar-refractivity contribution in [2.24, 2.45) is 0 Å². The molecule has 124 valence electrons. The molecule has 8 nitrogen and oxygen atoms in total. The number of amides is 2. The van der Waals surface area contributed by atoms with Gasteiger partial charge in [-0.2, -0.15) is 0 Å². The van der Waals surface area contributed by atoms with Gasteiger partial charge in [-0.15, -0.1) is 11.3 Å². The first-order chi connectivity index (χ1) is 11.0. The molecule has 2 heterocycles. The summed E-state index contributed by atoms with van der Waals surface area (Å²) in [6, 6.07) is 0.555. The quantitative estimate of drug-likeness (QED) is 0.755. The number of hydrogen-bond donors (Lipinski definition) is 2. The van der Waals surface area contributed by atoms with Crippen molar-refractivity contribution in [3.63, 3.8) is 0 Å². The normalized spacial score (nSPS) is 11.9. The Labute approximate surface area is 136 Å². The van der Waals surface area contributed by atoms with Gasteiger partial charge in [0.2, 0.25) is 0 Å². The molecule has 0 fully saturated rings. The van der Waals surface area contributed by atoms with Crippen molar-refractivity contribution >= 4 is 33.6 Å². The molecule has 1 unspecified atom stereocenters. The summed E-state index contributed by atoms with van der Waals surface area (Å²) in [5, 5.41) is 6.86. The summed E-state index contributed by atoms with van der Waals surface area (Å²) < 4.78 is 6.82. The van der Waals surface area contributed by atoms with Crippen LogP contribution < -0.4 is 16.2 Å². The summed E-state index contributed by atoms with van der Waals surface area (Å²) >= 11 is 1.34. The van der Waals surface area contributed by atoms with E-state index in [-0.39, 0.29) is 18.7 Å². The lowest BCUT2D eigenvalue weighted by Gasteiger charge is -2.13. The Bertz CT molecular complexity index is 755. The summed E-state index contributed by atoms with van der Waals surface area (Å²) in [6.45, 7) is 4.02. The average Bonchev–Trinajstić information content (AvgIpc) is 2.99. The maximum Gasteiger partial charge on any atom is 0.328 e. The molecule has 0 saturated heterocycles. The third kappa shape index (κ3) is 4.28. The number of thiophene rings is 1. The van der Waals surface area contributed by atoms with Gasteiger partial charge in [0.25, 0.3) is 5.56 Å². The fraction of sp³-hybridized carbons (Fsp3) is 0.429. The van der Waals surface area contributed by atoms with Crippen LogP contribution in [0.2, 0.25) is 0 Å². The second-order valence-corrected chi connectivity index (χ2v) is 5.67. The highest BCUT2D eigenvalue weighted by Crippen LogP contribution is 2.12. The number of nitrogens with one attached hydrogen (secondary N) is 2. The van der Waals surface area contributed by atoms with Crippen LogP contribution in [0.4, 0.5) is 4.79 Å². The van der Waals surface area contributed by atoms with Crippen molar-refractivity contribution in [1.82, 2.24) is 20.2 Å². The molecule has 23 heavy (non-hydrogen) atoms. The number of rotatable bonds is 6. The second kappa shape index (κ2) is 7.73. The topological polar surface area (TPSA) is 102 Å². The zero-order valence-corrected chi connectivity index (χ0v) is 13.7. The van der Waals surface area contributed by atoms with Gasteiger partial charge in [-0.3, -0.25) is 9.36 Å². The van der Waals surface area contributed by atoms with Crippen LogP contribution in [0.3, 0.4) is 0 Å². The first-order valence-corrected chi connectivity index (χ1v) is 8.04. The molecule has 0 aliphatic rings. The standard InChI is InChI=1S/C14H18N4O4S/c1-3-22-13(20)9(2)17-14(21)15-5-6-18-8-16-10-4-7-23-11(10)12(18)19/h4,7-9H,3,5-6H2,1-2H3,(H2,15,17,21). The Morgan fingerprint density at radius 3 is 3.00 bits per heavy atom. The number of ether oxygens (including phenoxy) is 1. The third-order valence-electron chi connectivity index (χ3n) is 3.06. The van der Waals surface area contributed by atoms with E-state index in [1.54, 1.807) is 13.0 Å². The maximum atomic E-state index is 12.1. The number of aromatic nitrogens is 2. The Hall–Kier alpha value is -2.42. The van der Waals surface area contributed by atoms with Crippen LogP contribution in [0.1, 0.15) is 13.8 Å². The van der Waals surface area contributed by atoms with E-state index in [1.165, 1.54) is 29.2 Å². The number of hydrogen-bond acceptors (Lipinski definition) is 6. The number of carbonyl (C=O) groups is 2. The first-order valence-electron chi connectivity index (χ1n) is 7.16. The number of carbonyl (C=O) groups excluding carboxylic acids is 2. The van der Waals surface area contributed by atoms with Gasteiger partial charge in [0.1, 0.15) is 10.7 Å². The summed E-state index contributed by atoms with van der Waals surface area (Å²) in [7, 11) is 0. The van der Waals surface area contributed by atoms with Gasteiger partial charge < -0.3 is 15.4 Å².